The van der Waals surface area contributed by atoms with Crippen molar-refractivity contribution >= 4 is 12.0 Å². The van der Waals surface area contributed by atoms with Gasteiger partial charge in [0, 0.05) is 25.6 Å². The van der Waals surface area contributed by atoms with Crippen LogP contribution in [0, 0.1) is 5.92 Å². The monoisotopic (exact) mass is 272 g/mol. The van der Waals surface area contributed by atoms with Crippen molar-refractivity contribution in [2.24, 2.45) is 5.92 Å². The van der Waals surface area contributed by atoms with E-state index < -0.39 is 6.09 Å². The molecule has 1 fully saturated rings. The van der Waals surface area contributed by atoms with E-state index in [0.717, 1.165) is 19.3 Å². The number of nitrogens with zero attached hydrogens (tertiary/aromatic N) is 2. The third-order valence-electron chi connectivity index (χ3n) is 3.79. The molecule has 2 atom stereocenters. The van der Waals surface area contributed by atoms with Crippen molar-refractivity contribution in [3.8, 4) is 0 Å². The van der Waals surface area contributed by atoms with E-state index >= 15 is 0 Å². The van der Waals surface area contributed by atoms with Crippen molar-refractivity contribution < 1.29 is 19.5 Å². The number of piperidine rings is 1. The van der Waals surface area contributed by atoms with E-state index in [1.165, 1.54) is 17.1 Å². The van der Waals surface area contributed by atoms with Crippen LogP contribution in [0.3, 0.4) is 0 Å². The quantitative estimate of drug-likeness (QED) is 0.777. The highest BCUT2D eigenvalue weighted by molar-refractivity contribution is 5.78. The zero-order valence-electron chi connectivity index (χ0n) is 12.0. The van der Waals surface area contributed by atoms with Crippen molar-refractivity contribution in [2.75, 3.05) is 20.7 Å². The number of likely N-dealkylation sites (tertiary alicyclic amines) is 1. The molecule has 1 aliphatic rings. The van der Waals surface area contributed by atoms with Crippen LogP contribution < -0.4 is 0 Å². The molecule has 2 unspecified atom stereocenters. The number of hydrogen-bond acceptors (Lipinski definition) is 3. The number of rotatable bonds is 5. The van der Waals surface area contributed by atoms with E-state index in [0.29, 0.717) is 19.4 Å². The number of carbonyl (C=O) groups excluding carboxylic acids is 1. The van der Waals surface area contributed by atoms with Gasteiger partial charge < -0.3 is 10.0 Å². The summed E-state index contributed by atoms with van der Waals surface area (Å²) in [5, 5.41) is 10.4. The minimum Gasteiger partial charge on any atom is -0.465 e. The molecular weight excluding hydrogens is 248 g/mol. The summed E-state index contributed by atoms with van der Waals surface area (Å²) in [7, 11) is 3.05. The molecule has 6 nitrogen and oxygen atoms in total. The van der Waals surface area contributed by atoms with Crippen LogP contribution in [0.2, 0.25) is 0 Å². The van der Waals surface area contributed by atoms with Crippen molar-refractivity contribution in [3.05, 3.63) is 0 Å². The van der Waals surface area contributed by atoms with Gasteiger partial charge in [0.15, 0.2) is 0 Å². The molecule has 1 aliphatic heterocycles. The van der Waals surface area contributed by atoms with E-state index in [1.54, 1.807) is 7.05 Å². The maximum Gasteiger partial charge on any atom is 0.407 e. The van der Waals surface area contributed by atoms with Crippen LogP contribution in [0.5, 0.6) is 0 Å². The molecule has 1 N–H and O–H groups in total. The van der Waals surface area contributed by atoms with E-state index in [9.17, 15) is 14.7 Å². The van der Waals surface area contributed by atoms with Gasteiger partial charge in [0.2, 0.25) is 5.91 Å². The molecule has 1 saturated heterocycles. The van der Waals surface area contributed by atoms with Crippen LogP contribution in [0.25, 0.3) is 0 Å². The van der Waals surface area contributed by atoms with Gasteiger partial charge in [-0.05, 0) is 19.3 Å². The highest BCUT2D eigenvalue weighted by Crippen LogP contribution is 2.27. The maximum atomic E-state index is 12.1. The van der Waals surface area contributed by atoms with E-state index in [4.69, 9.17) is 4.84 Å². The number of carboxylic acid groups (broad SMARTS) is 1. The molecule has 0 saturated carbocycles. The Balaban J connectivity index is 2.67. The molecule has 0 aromatic heterocycles. The minimum atomic E-state index is -0.882. The average Bonchev–Trinajstić information content (AvgIpc) is 2.42. The Labute approximate surface area is 114 Å². The largest absolute Gasteiger partial charge is 0.465 e. The van der Waals surface area contributed by atoms with Gasteiger partial charge in [-0.2, -0.15) is 0 Å². The fourth-order valence-electron chi connectivity index (χ4n) is 2.59. The summed E-state index contributed by atoms with van der Waals surface area (Å²) in [5.41, 5.74) is 0. The lowest BCUT2D eigenvalue weighted by molar-refractivity contribution is -0.175. The van der Waals surface area contributed by atoms with Crippen LogP contribution in [0.4, 0.5) is 4.79 Å². The SMILES string of the molecule is CCCCC1CC(C(=O)N(C)OC)CCN1C(=O)O. The summed E-state index contributed by atoms with van der Waals surface area (Å²) in [6.45, 7) is 2.51. The highest BCUT2D eigenvalue weighted by atomic mass is 16.7. The summed E-state index contributed by atoms with van der Waals surface area (Å²) in [6.07, 6.45) is 3.12. The fraction of sp³-hybridized carbons (Fsp3) is 0.846. The Bertz CT molecular complexity index is 322. The van der Waals surface area contributed by atoms with Gasteiger partial charge in [0.25, 0.3) is 0 Å². The summed E-state index contributed by atoms with van der Waals surface area (Å²) in [5.74, 6) is -0.198. The second-order valence-corrected chi connectivity index (χ2v) is 5.01. The minimum absolute atomic E-state index is 0.0505. The Hall–Kier alpha value is -1.30. The molecule has 19 heavy (non-hydrogen) atoms. The molecule has 0 bridgehead atoms. The number of hydrogen-bond donors (Lipinski definition) is 1. The molecular formula is C13H24N2O4. The standard InChI is InChI=1S/C13H24N2O4/c1-4-5-6-11-9-10(12(16)14(2)19-3)7-8-15(11)13(17)18/h10-11H,4-9H2,1-3H3,(H,17,18). The summed E-state index contributed by atoms with van der Waals surface area (Å²) < 4.78 is 0. The molecule has 0 aromatic carbocycles. The first kappa shape index (κ1) is 15.8. The van der Waals surface area contributed by atoms with Gasteiger partial charge in [0.05, 0.1) is 7.11 Å². The third-order valence-corrected chi connectivity index (χ3v) is 3.79. The smallest absolute Gasteiger partial charge is 0.407 e. The van der Waals surface area contributed by atoms with E-state index in [2.05, 4.69) is 6.92 Å². The van der Waals surface area contributed by atoms with Crippen molar-refractivity contribution in [2.45, 2.75) is 45.1 Å². The highest BCUT2D eigenvalue weighted by Gasteiger charge is 2.35. The first-order chi connectivity index (χ1) is 9.01. The summed E-state index contributed by atoms with van der Waals surface area (Å²) >= 11 is 0. The van der Waals surface area contributed by atoms with Crippen LogP contribution in [0.1, 0.15) is 39.0 Å². The first-order valence-corrected chi connectivity index (χ1v) is 6.82. The molecule has 0 radical (unpaired) electrons. The Morgan fingerprint density at radius 1 is 1.47 bits per heavy atom. The van der Waals surface area contributed by atoms with Gasteiger partial charge in [-0.25, -0.2) is 9.86 Å². The van der Waals surface area contributed by atoms with Gasteiger partial charge in [0.1, 0.15) is 0 Å². The summed E-state index contributed by atoms with van der Waals surface area (Å²) in [6, 6.07) is -0.0505. The predicted octanol–water partition coefficient (Wildman–Crippen LogP) is 1.96. The zero-order valence-corrected chi connectivity index (χ0v) is 12.0. The van der Waals surface area contributed by atoms with Gasteiger partial charge >= 0.3 is 6.09 Å². The second-order valence-electron chi connectivity index (χ2n) is 5.01. The molecule has 1 rings (SSSR count). The topological polar surface area (TPSA) is 70.1 Å². The lowest BCUT2D eigenvalue weighted by atomic mass is 9.88. The van der Waals surface area contributed by atoms with Crippen molar-refractivity contribution in [1.82, 2.24) is 9.96 Å². The molecule has 2 amide bonds. The van der Waals surface area contributed by atoms with E-state index in [-0.39, 0.29) is 17.9 Å². The Kier molecular flexibility index (Phi) is 6.08. The number of hydroxylamine groups is 2. The Morgan fingerprint density at radius 2 is 2.16 bits per heavy atom. The molecule has 1 heterocycles. The number of unbranched alkanes of at least 4 members (excludes halogenated alkanes) is 1. The fourth-order valence-corrected chi connectivity index (χ4v) is 2.59. The van der Waals surface area contributed by atoms with E-state index in [1.807, 2.05) is 0 Å². The predicted molar refractivity (Wildman–Crippen MR) is 70.5 cm³/mol. The molecule has 0 spiro atoms. The van der Waals surface area contributed by atoms with Crippen molar-refractivity contribution in [3.63, 3.8) is 0 Å². The lowest BCUT2D eigenvalue weighted by Gasteiger charge is -2.38. The maximum absolute atomic E-state index is 12.1. The van der Waals surface area contributed by atoms with Gasteiger partial charge in [-0.15, -0.1) is 0 Å². The average molecular weight is 272 g/mol. The second kappa shape index (κ2) is 7.33. The van der Waals surface area contributed by atoms with Gasteiger partial charge in [-0.3, -0.25) is 9.63 Å². The van der Waals surface area contributed by atoms with Crippen LogP contribution in [-0.4, -0.2) is 53.8 Å². The molecule has 110 valence electrons. The van der Waals surface area contributed by atoms with Crippen LogP contribution in [-0.2, 0) is 9.63 Å². The molecule has 6 heteroatoms. The third kappa shape index (κ3) is 4.09. The summed E-state index contributed by atoms with van der Waals surface area (Å²) in [4.78, 5) is 29.6. The molecule has 0 aliphatic carbocycles. The molecule has 0 aromatic rings. The number of carbonyl (C=O) groups is 2. The van der Waals surface area contributed by atoms with Gasteiger partial charge in [-0.1, -0.05) is 19.8 Å². The Morgan fingerprint density at radius 3 is 2.68 bits per heavy atom. The van der Waals surface area contributed by atoms with Crippen LogP contribution in [0.15, 0.2) is 0 Å². The van der Waals surface area contributed by atoms with Crippen molar-refractivity contribution in [1.29, 1.82) is 0 Å². The normalized spacial score (nSPS) is 23.2. The number of amides is 2. The van der Waals surface area contributed by atoms with Crippen LogP contribution >= 0.6 is 0 Å². The first-order valence-electron chi connectivity index (χ1n) is 6.82. The lowest BCUT2D eigenvalue weighted by Crippen LogP contribution is -2.48. The zero-order chi connectivity index (χ0) is 14.4.